The summed E-state index contributed by atoms with van der Waals surface area (Å²) in [5.41, 5.74) is 2.21. The van der Waals surface area contributed by atoms with Gasteiger partial charge in [0.1, 0.15) is 5.82 Å². The summed E-state index contributed by atoms with van der Waals surface area (Å²) in [5.74, 6) is -0.756. The van der Waals surface area contributed by atoms with Gasteiger partial charge in [0.25, 0.3) is 0 Å². The van der Waals surface area contributed by atoms with Crippen molar-refractivity contribution < 1.29 is 13.9 Å². The first-order chi connectivity index (χ1) is 9.52. The highest BCUT2D eigenvalue weighted by atomic mass is 19.1. The summed E-state index contributed by atoms with van der Waals surface area (Å²) in [7, 11) is 3.12. The molecular weight excluding hydrogens is 261 g/mol. The fourth-order valence-electron chi connectivity index (χ4n) is 1.89. The maximum absolute atomic E-state index is 12.9. The second kappa shape index (κ2) is 5.73. The molecule has 5 nitrogen and oxygen atoms in total. The zero-order valence-corrected chi connectivity index (χ0v) is 11.6. The number of hydrogen-bond donors (Lipinski definition) is 1. The molecule has 0 amide bonds. The van der Waals surface area contributed by atoms with Gasteiger partial charge in [0.05, 0.1) is 13.3 Å². The Bertz CT molecular complexity index is 607. The third-order valence-electron chi connectivity index (χ3n) is 3.18. The number of rotatable bonds is 4. The lowest BCUT2D eigenvalue weighted by atomic mass is 10.1. The molecule has 0 aliphatic rings. The molecule has 0 spiro atoms. The van der Waals surface area contributed by atoms with Crippen LogP contribution in [0.3, 0.4) is 0 Å². The molecule has 1 unspecified atom stereocenters. The van der Waals surface area contributed by atoms with Gasteiger partial charge in [-0.3, -0.25) is 4.68 Å². The second-order valence-corrected chi connectivity index (χ2v) is 4.42. The highest BCUT2D eigenvalue weighted by molar-refractivity contribution is 5.81. The van der Waals surface area contributed by atoms with Crippen LogP contribution in [0.1, 0.15) is 17.3 Å². The van der Waals surface area contributed by atoms with Crippen molar-refractivity contribution in [3.05, 3.63) is 47.5 Å². The van der Waals surface area contributed by atoms with Gasteiger partial charge >= 0.3 is 5.97 Å². The monoisotopic (exact) mass is 277 g/mol. The number of halogens is 1. The Kier molecular flexibility index (Phi) is 4.02. The van der Waals surface area contributed by atoms with E-state index in [-0.39, 0.29) is 5.82 Å². The Morgan fingerprint density at radius 3 is 2.55 bits per heavy atom. The Morgan fingerprint density at radius 2 is 2.05 bits per heavy atom. The van der Waals surface area contributed by atoms with E-state index < -0.39 is 12.0 Å². The largest absolute Gasteiger partial charge is 0.467 e. The third kappa shape index (κ3) is 2.79. The van der Waals surface area contributed by atoms with Crippen molar-refractivity contribution in [1.82, 2.24) is 9.78 Å². The zero-order valence-electron chi connectivity index (χ0n) is 11.6. The molecule has 0 saturated heterocycles. The number of anilines is 1. The lowest BCUT2D eigenvalue weighted by molar-refractivity contribution is -0.141. The van der Waals surface area contributed by atoms with E-state index in [0.29, 0.717) is 5.69 Å². The molecule has 0 aliphatic heterocycles. The van der Waals surface area contributed by atoms with Gasteiger partial charge < -0.3 is 10.1 Å². The minimum atomic E-state index is -0.681. The van der Waals surface area contributed by atoms with Crippen molar-refractivity contribution in [3.63, 3.8) is 0 Å². The van der Waals surface area contributed by atoms with Gasteiger partial charge in [-0.2, -0.15) is 5.10 Å². The molecule has 1 aromatic carbocycles. The van der Waals surface area contributed by atoms with Crippen molar-refractivity contribution in [1.29, 1.82) is 0 Å². The number of hydrogen-bond acceptors (Lipinski definition) is 4. The minimum Gasteiger partial charge on any atom is -0.467 e. The highest BCUT2D eigenvalue weighted by Gasteiger charge is 2.25. The van der Waals surface area contributed by atoms with Crippen LogP contribution in [0.2, 0.25) is 0 Å². The Hall–Kier alpha value is -2.37. The van der Waals surface area contributed by atoms with Crippen LogP contribution >= 0.6 is 0 Å². The molecule has 1 heterocycles. The molecule has 1 aromatic heterocycles. The average molecular weight is 277 g/mol. The zero-order chi connectivity index (χ0) is 14.7. The minimum absolute atomic E-state index is 0.331. The molecule has 0 fully saturated rings. The summed E-state index contributed by atoms with van der Waals surface area (Å²) >= 11 is 0. The fraction of sp³-hybridized carbons (Fsp3) is 0.286. The van der Waals surface area contributed by atoms with Gasteiger partial charge in [0.15, 0.2) is 6.04 Å². The van der Waals surface area contributed by atoms with Crippen molar-refractivity contribution in [3.8, 4) is 0 Å². The van der Waals surface area contributed by atoms with E-state index in [9.17, 15) is 9.18 Å². The molecule has 2 aromatic rings. The maximum Gasteiger partial charge on any atom is 0.333 e. The second-order valence-electron chi connectivity index (χ2n) is 4.42. The van der Waals surface area contributed by atoms with Crippen LogP contribution in [-0.4, -0.2) is 22.9 Å². The van der Waals surface area contributed by atoms with Crippen molar-refractivity contribution in [2.24, 2.45) is 7.05 Å². The molecule has 0 bridgehead atoms. The number of nitrogens with one attached hydrogen (secondary N) is 1. The van der Waals surface area contributed by atoms with E-state index in [2.05, 4.69) is 10.4 Å². The van der Waals surface area contributed by atoms with Crippen molar-refractivity contribution >= 4 is 11.7 Å². The number of ether oxygens (including phenoxy) is 1. The Balaban J connectivity index is 2.31. The van der Waals surface area contributed by atoms with Crippen LogP contribution in [0.4, 0.5) is 10.1 Å². The SMILES string of the molecule is COC(=O)C(Nc1ccc(F)cc1)c1cnn(C)c1C. The van der Waals surface area contributed by atoms with Crippen molar-refractivity contribution in [2.75, 3.05) is 12.4 Å². The van der Waals surface area contributed by atoms with E-state index >= 15 is 0 Å². The molecule has 6 heteroatoms. The highest BCUT2D eigenvalue weighted by Crippen LogP contribution is 2.23. The van der Waals surface area contributed by atoms with E-state index in [4.69, 9.17) is 4.74 Å². The lowest BCUT2D eigenvalue weighted by Gasteiger charge is -2.17. The standard InChI is InChI=1S/C14H16FN3O2/c1-9-12(8-16-18(9)2)13(14(19)20-3)17-11-6-4-10(15)5-7-11/h4-8,13,17H,1-3H3. The third-order valence-corrected chi connectivity index (χ3v) is 3.18. The molecular formula is C14H16FN3O2. The number of aromatic nitrogens is 2. The number of carbonyl (C=O) groups is 1. The van der Waals surface area contributed by atoms with Crippen LogP contribution in [0, 0.1) is 12.7 Å². The Labute approximate surface area is 116 Å². The smallest absolute Gasteiger partial charge is 0.333 e. The molecule has 2 rings (SSSR count). The number of benzene rings is 1. The van der Waals surface area contributed by atoms with Crippen LogP contribution < -0.4 is 5.32 Å². The predicted molar refractivity (Wildman–Crippen MR) is 72.7 cm³/mol. The van der Waals surface area contributed by atoms with Gasteiger partial charge in [0.2, 0.25) is 0 Å². The van der Waals surface area contributed by atoms with E-state index in [1.54, 1.807) is 30.1 Å². The molecule has 20 heavy (non-hydrogen) atoms. The van der Waals surface area contributed by atoms with Gasteiger partial charge in [-0.05, 0) is 31.2 Å². The number of esters is 1. The van der Waals surface area contributed by atoms with Crippen LogP contribution in [0.15, 0.2) is 30.5 Å². The predicted octanol–water partition coefficient (Wildman–Crippen LogP) is 2.19. The van der Waals surface area contributed by atoms with Crippen LogP contribution in [0.5, 0.6) is 0 Å². The van der Waals surface area contributed by atoms with Gasteiger partial charge in [0, 0.05) is 24.0 Å². The first kappa shape index (κ1) is 14.0. The molecule has 0 radical (unpaired) electrons. The summed E-state index contributed by atoms with van der Waals surface area (Å²) in [4.78, 5) is 11.9. The quantitative estimate of drug-likeness (QED) is 0.870. The molecule has 0 saturated carbocycles. The first-order valence-electron chi connectivity index (χ1n) is 6.11. The van der Waals surface area contributed by atoms with Gasteiger partial charge in [-0.1, -0.05) is 0 Å². The fourth-order valence-corrected chi connectivity index (χ4v) is 1.89. The van der Waals surface area contributed by atoms with E-state index in [1.807, 2.05) is 6.92 Å². The summed E-state index contributed by atoms with van der Waals surface area (Å²) in [5, 5.41) is 7.15. The van der Waals surface area contributed by atoms with E-state index in [1.165, 1.54) is 19.2 Å². The summed E-state index contributed by atoms with van der Waals surface area (Å²) in [6.07, 6.45) is 1.62. The lowest BCUT2D eigenvalue weighted by Crippen LogP contribution is -2.22. The summed E-state index contributed by atoms with van der Waals surface area (Å²) < 4.78 is 19.4. The van der Waals surface area contributed by atoms with E-state index in [0.717, 1.165) is 11.3 Å². The van der Waals surface area contributed by atoms with Gasteiger partial charge in [-0.25, -0.2) is 9.18 Å². The van der Waals surface area contributed by atoms with Crippen LogP contribution in [-0.2, 0) is 16.6 Å². The topological polar surface area (TPSA) is 56.1 Å². The Morgan fingerprint density at radius 1 is 1.40 bits per heavy atom. The number of aryl methyl sites for hydroxylation is 1. The summed E-state index contributed by atoms with van der Waals surface area (Å²) in [6, 6.07) is 5.10. The number of nitrogens with zero attached hydrogens (tertiary/aromatic N) is 2. The number of methoxy groups -OCH3 is 1. The molecule has 0 aliphatic carbocycles. The van der Waals surface area contributed by atoms with Crippen molar-refractivity contribution in [2.45, 2.75) is 13.0 Å². The normalized spacial score (nSPS) is 12.0. The molecule has 1 atom stereocenters. The number of carbonyl (C=O) groups excluding carboxylic acids is 1. The molecule has 1 N–H and O–H groups in total. The first-order valence-corrected chi connectivity index (χ1v) is 6.11. The summed E-state index contributed by atoms with van der Waals surface area (Å²) in [6.45, 7) is 1.87. The molecule has 106 valence electrons. The van der Waals surface area contributed by atoms with Crippen LogP contribution in [0.25, 0.3) is 0 Å². The maximum atomic E-state index is 12.9. The van der Waals surface area contributed by atoms with Gasteiger partial charge in [-0.15, -0.1) is 0 Å². The average Bonchev–Trinajstić information content (AvgIpc) is 2.78.